The summed E-state index contributed by atoms with van der Waals surface area (Å²) in [6, 6.07) is 13.6. The van der Waals surface area contributed by atoms with E-state index in [1.807, 2.05) is 37.3 Å². The monoisotopic (exact) mass is 516 g/mol. The van der Waals surface area contributed by atoms with E-state index in [2.05, 4.69) is 55.4 Å². The molecule has 2 aromatic carbocycles. The molecule has 0 spiro atoms. The van der Waals surface area contributed by atoms with Gasteiger partial charge in [-0.05, 0) is 77.0 Å². The van der Waals surface area contributed by atoms with Gasteiger partial charge in [0.1, 0.15) is 18.1 Å². The maximum atomic E-state index is 11.1. The van der Waals surface area contributed by atoms with Gasteiger partial charge >= 0.3 is 5.97 Å². The topological polar surface area (TPSA) is 44.8 Å². The van der Waals surface area contributed by atoms with Gasteiger partial charge in [-0.25, -0.2) is 4.79 Å². The van der Waals surface area contributed by atoms with Crippen molar-refractivity contribution in [1.82, 2.24) is 0 Å². The number of halogens is 2. The second-order valence-electron chi connectivity index (χ2n) is 5.16. The van der Waals surface area contributed by atoms with Crippen molar-refractivity contribution in [1.29, 1.82) is 0 Å². The van der Waals surface area contributed by atoms with Crippen LogP contribution in [0.15, 0.2) is 53.0 Å². The van der Waals surface area contributed by atoms with Crippen molar-refractivity contribution in [2.45, 2.75) is 6.92 Å². The first kappa shape index (κ1) is 19.8. The molecule has 0 bridgehead atoms. The molecule has 0 radical (unpaired) electrons. The summed E-state index contributed by atoms with van der Waals surface area (Å²) in [5, 5.41) is 0. The fraction of sp³-hybridized carbons (Fsp3) is 0.211. The number of ether oxygens (including phenoxy) is 3. The van der Waals surface area contributed by atoms with Crippen molar-refractivity contribution in [2.75, 3.05) is 20.3 Å². The van der Waals surface area contributed by atoms with Crippen LogP contribution in [0.4, 0.5) is 0 Å². The highest BCUT2D eigenvalue weighted by Crippen LogP contribution is 2.25. The summed E-state index contributed by atoms with van der Waals surface area (Å²) in [6.07, 6.45) is 2.03. The molecule has 0 saturated heterocycles. The van der Waals surface area contributed by atoms with E-state index >= 15 is 0 Å². The second-order valence-corrected chi connectivity index (χ2v) is 7.24. The standard InChI is InChI=1S/C19H18BrIO4/c1-13-11-16(7-8-18(13)25-12-19(22)23-2)24-10-9-17(21)14-3-5-15(20)6-4-14/h3-9,11H,10,12H2,1-2H3. The Labute approximate surface area is 169 Å². The summed E-state index contributed by atoms with van der Waals surface area (Å²) in [6.45, 7) is 2.27. The Hall–Kier alpha value is -1.54. The third-order valence-corrected chi connectivity index (χ3v) is 4.94. The molecule has 4 nitrogen and oxygen atoms in total. The van der Waals surface area contributed by atoms with Gasteiger partial charge in [-0.3, -0.25) is 0 Å². The Morgan fingerprint density at radius 2 is 1.88 bits per heavy atom. The molecule has 0 unspecified atom stereocenters. The first-order chi connectivity index (χ1) is 12.0. The quantitative estimate of drug-likeness (QED) is 0.376. The molecule has 132 valence electrons. The molecule has 0 aliphatic heterocycles. The lowest BCUT2D eigenvalue weighted by molar-refractivity contribution is -0.142. The van der Waals surface area contributed by atoms with Crippen LogP contribution in [-0.4, -0.2) is 26.3 Å². The molecule has 0 aromatic heterocycles. The van der Waals surface area contributed by atoms with Gasteiger partial charge in [0.2, 0.25) is 0 Å². The number of methoxy groups -OCH3 is 1. The Bertz CT molecular complexity index is 757. The molecule has 0 amide bonds. The van der Waals surface area contributed by atoms with Crippen LogP contribution in [0, 0.1) is 6.92 Å². The SMILES string of the molecule is COC(=O)COc1ccc(OCC=C(I)c2ccc(Br)cc2)cc1C. The van der Waals surface area contributed by atoms with E-state index in [9.17, 15) is 4.79 Å². The molecule has 2 aromatic rings. The maximum absolute atomic E-state index is 11.1. The lowest BCUT2D eigenvalue weighted by atomic mass is 10.2. The summed E-state index contributed by atoms with van der Waals surface area (Å²) in [5.74, 6) is 0.976. The molecule has 2 rings (SSSR count). The lowest BCUT2D eigenvalue weighted by Crippen LogP contribution is -2.13. The number of hydrogen-bond acceptors (Lipinski definition) is 4. The second kappa shape index (κ2) is 9.82. The molecule has 0 aliphatic rings. The van der Waals surface area contributed by atoms with Crippen molar-refractivity contribution in [2.24, 2.45) is 0 Å². The third kappa shape index (κ3) is 6.36. The molecule has 0 N–H and O–H groups in total. The van der Waals surface area contributed by atoms with E-state index in [1.165, 1.54) is 7.11 Å². The van der Waals surface area contributed by atoms with E-state index < -0.39 is 5.97 Å². The van der Waals surface area contributed by atoms with Gasteiger partial charge in [0.25, 0.3) is 0 Å². The zero-order chi connectivity index (χ0) is 18.2. The maximum Gasteiger partial charge on any atom is 0.343 e. The van der Waals surface area contributed by atoms with E-state index in [0.29, 0.717) is 12.4 Å². The largest absolute Gasteiger partial charge is 0.489 e. The minimum atomic E-state index is -0.410. The molecule has 25 heavy (non-hydrogen) atoms. The zero-order valence-electron chi connectivity index (χ0n) is 13.9. The summed E-state index contributed by atoms with van der Waals surface area (Å²) in [4.78, 5) is 11.1. The van der Waals surface area contributed by atoms with Gasteiger partial charge in [0.15, 0.2) is 6.61 Å². The van der Waals surface area contributed by atoms with Gasteiger partial charge < -0.3 is 14.2 Å². The van der Waals surface area contributed by atoms with Gasteiger partial charge in [-0.15, -0.1) is 0 Å². The van der Waals surface area contributed by atoms with Gasteiger partial charge in [0, 0.05) is 8.05 Å². The Morgan fingerprint density at radius 1 is 1.16 bits per heavy atom. The number of carbonyl (C=O) groups is 1. The molecule has 0 heterocycles. The molecule has 6 heteroatoms. The minimum absolute atomic E-state index is 0.105. The Kier molecular flexibility index (Phi) is 7.77. The number of benzene rings is 2. The number of carbonyl (C=O) groups excluding carboxylic acids is 1. The predicted octanol–water partition coefficient (Wildman–Crippen LogP) is 5.16. The molecular formula is C19H18BrIO4. The predicted molar refractivity (Wildman–Crippen MR) is 110 cm³/mol. The Morgan fingerprint density at radius 3 is 2.52 bits per heavy atom. The third-order valence-electron chi connectivity index (χ3n) is 3.35. The first-order valence-electron chi connectivity index (χ1n) is 7.54. The van der Waals surface area contributed by atoms with E-state index in [4.69, 9.17) is 9.47 Å². The summed E-state index contributed by atoms with van der Waals surface area (Å²) in [7, 11) is 1.33. The fourth-order valence-electron chi connectivity index (χ4n) is 2.01. The molecular weight excluding hydrogens is 499 g/mol. The van der Waals surface area contributed by atoms with Crippen LogP contribution in [0.5, 0.6) is 11.5 Å². The van der Waals surface area contributed by atoms with Crippen LogP contribution in [-0.2, 0) is 9.53 Å². The van der Waals surface area contributed by atoms with Crippen LogP contribution < -0.4 is 9.47 Å². The van der Waals surface area contributed by atoms with Gasteiger partial charge in [-0.2, -0.15) is 0 Å². The van der Waals surface area contributed by atoms with Gasteiger partial charge in [-0.1, -0.05) is 28.1 Å². The summed E-state index contributed by atoms with van der Waals surface area (Å²) in [5.41, 5.74) is 2.04. The molecule has 0 aliphatic carbocycles. The van der Waals surface area contributed by atoms with Crippen molar-refractivity contribution >= 4 is 48.1 Å². The average Bonchev–Trinajstić information content (AvgIpc) is 2.61. The number of esters is 1. The van der Waals surface area contributed by atoms with Crippen LogP contribution in [0.3, 0.4) is 0 Å². The van der Waals surface area contributed by atoms with Crippen LogP contribution in [0.2, 0.25) is 0 Å². The molecule has 0 atom stereocenters. The van der Waals surface area contributed by atoms with Gasteiger partial charge in [0.05, 0.1) is 7.11 Å². The number of rotatable bonds is 7. The van der Waals surface area contributed by atoms with E-state index in [-0.39, 0.29) is 6.61 Å². The van der Waals surface area contributed by atoms with Crippen LogP contribution >= 0.6 is 38.5 Å². The Balaban J connectivity index is 1.92. The molecule has 0 fully saturated rings. The van der Waals surface area contributed by atoms with E-state index in [0.717, 1.165) is 24.9 Å². The van der Waals surface area contributed by atoms with E-state index in [1.54, 1.807) is 6.07 Å². The van der Waals surface area contributed by atoms with Crippen molar-refractivity contribution in [3.05, 3.63) is 64.1 Å². The number of hydrogen-bond donors (Lipinski definition) is 0. The molecule has 0 saturated carbocycles. The summed E-state index contributed by atoms with van der Waals surface area (Å²) < 4.78 is 17.9. The van der Waals surface area contributed by atoms with Crippen molar-refractivity contribution in [3.63, 3.8) is 0 Å². The minimum Gasteiger partial charge on any atom is -0.489 e. The zero-order valence-corrected chi connectivity index (χ0v) is 17.7. The number of aryl methyl sites for hydroxylation is 1. The summed E-state index contributed by atoms with van der Waals surface area (Å²) >= 11 is 5.73. The van der Waals surface area contributed by atoms with Crippen molar-refractivity contribution < 1.29 is 19.0 Å². The highest BCUT2D eigenvalue weighted by atomic mass is 127. The smallest absolute Gasteiger partial charge is 0.343 e. The highest BCUT2D eigenvalue weighted by molar-refractivity contribution is 14.1. The van der Waals surface area contributed by atoms with Crippen LogP contribution in [0.1, 0.15) is 11.1 Å². The van der Waals surface area contributed by atoms with Crippen molar-refractivity contribution in [3.8, 4) is 11.5 Å². The normalized spacial score (nSPS) is 11.1. The lowest BCUT2D eigenvalue weighted by Gasteiger charge is -2.10. The average molecular weight is 517 g/mol. The fourth-order valence-corrected chi connectivity index (χ4v) is 2.81. The van der Waals surface area contributed by atoms with Crippen LogP contribution in [0.25, 0.3) is 3.58 Å². The highest BCUT2D eigenvalue weighted by Gasteiger charge is 2.06. The first-order valence-corrected chi connectivity index (χ1v) is 9.41.